The number of anilines is 1. The van der Waals surface area contributed by atoms with Crippen LogP contribution in [0.15, 0.2) is 36.5 Å². The van der Waals surface area contributed by atoms with Gasteiger partial charge in [-0.2, -0.15) is 0 Å². The topological polar surface area (TPSA) is 77.5 Å². The van der Waals surface area contributed by atoms with Crippen LogP contribution in [0.4, 0.5) is 10.5 Å². The maximum absolute atomic E-state index is 12.0. The Kier molecular flexibility index (Phi) is 5.61. The summed E-state index contributed by atoms with van der Waals surface area (Å²) in [5, 5.41) is 16.0. The minimum Gasteiger partial charge on any atom is -0.396 e. The maximum Gasteiger partial charge on any atom is 0.319 e. The Bertz CT molecular complexity index is 692. The van der Waals surface area contributed by atoms with Crippen molar-refractivity contribution in [3.8, 4) is 0 Å². The molecule has 1 aliphatic rings. The van der Waals surface area contributed by atoms with Crippen LogP contribution in [-0.4, -0.2) is 53.8 Å². The summed E-state index contributed by atoms with van der Waals surface area (Å²) < 4.78 is 0. The molecule has 0 unspecified atom stereocenters. The van der Waals surface area contributed by atoms with Gasteiger partial charge in [0.15, 0.2) is 0 Å². The van der Waals surface area contributed by atoms with E-state index in [1.165, 1.54) is 0 Å². The van der Waals surface area contributed by atoms with Crippen LogP contribution in [-0.2, 0) is 0 Å². The van der Waals surface area contributed by atoms with Crippen molar-refractivity contribution in [2.24, 2.45) is 5.92 Å². The van der Waals surface area contributed by atoms with E-state index in [0.29, 0.717) is 12.5 Å². The van der Waals surface area contributed by atoms with Gasteiger partial charge < -0.3 is 20.6 Å². The summed E-state index contributed by atoms with van der Waals surface area (Å²) in [4.78, 5) is 18.6. The van der Waals surface area contributed by atoms with Crippen molar-refractivity contribution in [1.29, 1.82) is 0 Å². The number of likely N-dealkylation sites (tertiary alicyclic amines) is 1. The molecule has 24 heavy (non-hydrogen) atoms. The number of urea groups is 1. The molecule has 0 radical (unpaired) electrons. The second-order valence-corrected chi connectivity index (χ2v) is 6.28. The molecule has 3 N–H and O–H groups in total. The second-order valence-electron chi connectivity index (χ2n) is 6.28. The number of fused-ring (bicyclic) bond motifs is 1. The van der Waals surface area contributed by atoms with Gasteiger partial charge in [0.1, 0.15) is 0 Å². The number of aliphatic hydroxyl groups is 1. The van der Waals surface area contributed by atoms with Gasteiger partial charge in [-0.25, -0.2) is 4.79 Å². The van der Waals surface area contributed by atoms with E-state index < -0.39 is 0 Å². The number of nitrogens with zero attached hydrogens (tertiary/aromatic N) is 2. The molecule has 1 fully saturated rings. The van der Waals surface area contributed by atoms with Crippen molar-refractivity contribution in [2.75, 3.05) is 38.1 Å². The lowest BCUT2D eigenvalue weighted by Gasteiger charge is -2.31. The van der Waals surface area contributed by atoms with Gasteiger partial charge in [0.05, 0.1) is 5.52 Å². The largest absolute Gasteiger partial charge is 0.396 e. The first-order valence-electron chi connectivity index (χ1n) is 8.47. The van der Waals surface area contributed by atoms with E-state index in [-0.39, 0.29) is 12.6 Å². The van der Waals surface area contributed by atoms with Crippen LogP contribution in [0.3, 0.4) is 0 Å². The summed E-state index contributed by atoms with van der Waals surface area (Å²) in [6.07, 6.45) is 3.96. The van der Waals surface area contributed by atoms with E-state index >= 15 is 0 Å². The molecule has 128 valence electrons. The number of aliphatic hydroxyl groups excluding tert-OH is 1. The molecule has 0 aliphatic carbocycles. The molecule has 1 saturated heterocycles. The monoisotopic (exact) mass is 328 g/mol. The normalized spacial score (nSPS) is 18.5. The Morgan fingerprint density at radius 2 is 2.29 bits per heavy atom. The minimum atomic E-state index is -0.200. The Morgan fingerprint density at radius 1 is 1.38 bits per heavy atom. The first-order chi connectivity index (χ1) is 11.7. The summed E-state index contributed by atoms with van der Waals surface area (Å²) in [5.41, 5.74) is 1.67. The van der Waals surface area contributed by atoms with Crippen molar-refractivity contribution >= 4 is 22.6 Å². The van der Waals surface area contributed by atoms with Gasteiger partial charge in [-0.05, 0) is 49.6 Å². The molecule has 0 bridgehead atoms. The van der Waals surface area contributed by atoms with E-state index in [9.17, 15) is 9.90 Å². The summed E-state index contributed by atoms with van der Waals surface area (Å²) in [7, 11) is 0. The quantitative estimate of drug-likeness (QED) is 0.785. The molecule has 0 spiro atoms. The molecule has 2 amide bonds. The lowest BCUT2D eigenvalue weighted by molar-refractivity contribution is 0.121. The highest BCUT2D eigenvalue weighted by atomic mass is 16.3. The molecule has 6 heteroatoms. The van der Waals surface area contributed by atoms with E-state index in [4.69, 9.17) is 0 Å². The van der Waals surface area contributed by atoms with Crippen LogP contribution in [0, 0.1) is 5.92 Å². The predicted octanol–water partition coefficient (Wildman–Crippen LogP) is 2.06. The van der Waals surface area contributed by atoms with Gasteiger partial charge in [0.2, 0.25) is 0 Å². The minimum absolute atomic E-state index is 0.200. The van der Waals surface area contributed by atoms with Gasteiger partial charge >= 0.3 is 6.03 Å². The van der Waals surface area contributed by atoms with Crippen molar-refractivity contribution < 1.29 is 9.90 Å². The number of nitrogens with one attached hydrogen (secondary N) is 2. The van der Waals surface area contributed by atoms with Crippen molar-refractivity contribution in [2.45, 2.75) is 12.8 Å². The number of carbonyl (C=O) groups is 1. The third-order valence-corrected chi connectivity index (χ3v) is 4.44. The van der Waals surface area contributed by atoms with E-state index in [1.807, 2.05) is 30.3 Å². The van der Waals surface area contributed by atoms with Crippen molar-refractivity contribution in [3.63, 3.8) is 0 Å². The third-order valence-electron chi connectivity index (χ3n) is 4.44. The zero-order valence-electron chi connectivity index (χ0n) is 13.7. The zero-order valence-corrected chi connectivity index (χ0v) is 13.7. The van der Waals surface area contributed by atoms with Gasteiger partial charge in [-0.1, -0.05) is 6.07 Å². The number of pyridine rings is 1. The fraction of sp³-hybridized carbons (Fsp3) is 0.444. The Labute approximate surface area is 141 Å². The molecular formula is C18H24N4O2. The summed E-state index contributed by atoms with van der Waals surface area (Å²) in [6, 6.07) is 9.32. The summed E-state index contributed by atoms with van der Waals surface area (Å²) in [5.74, 6) is 0.374. The molecular weight excluding hydrogens is 304 g/mol. The average molecular weight is 328 g/mol. The Balaban J connectivity index is 1.45. The predicted molar refractivity (Wildman–Crippen MR) is 95.0 cm³/mol. The number of hydrogen-bond acceptors (Lipinski definition) is 4. The fourth-order valence-corrected chi connectivity index (χ4v) is 3.16. The van der Waals surface area contributed by atoms with Crippen LogP contribution < -0.4 is 10.6 Å². The maximum atomic E-state index is 12.0. The lowest BCUT2D eigenvalue weighted by atomic mass is 9.99. The molecule has 6 nitrogen and oxygen atoms in total. The fourth-order valence-electron chi connectivity index (χ4n) is 3.16. The van der Waals surface area contributed by atoms with Crippen LogP contribution in [0.25, 0.3) is 10.9 Å². The number of piperidine rings is 1. The molecule has 2 aromatic rings. The number of aromatic nitrogens is 1. The van der Waals surface area contributed by atoms with Crippen molar-refractivity contribution in [1.82, 2.24) is 15.2 Å². The molecule has 1 aromatic carbocycles. The standard InChI is InChI=1S/C18H24N4O2/c23-13-14-3-2-9-22(12-14)10-8-20-18(24)21-16-5-6-17-15(11-16)4-1-7-19-17/h1,4-7,11,14,23H,2-3,8-10,12-13H2,(H2,20,21,24)/t14-/m0/s1. The molecule has 1 aliphatic heterocycles. The number of amides is 2. The number of carbonyl (C=O) groups excluding carboxylic acids is 1. The number of hydrogen-bond donors (Lipinski definition) is 3. The Morgan fingerprint density at radius 3 is 3.17 bits per heavy atom. The average Bonchev–Trinajstić information content (AvgIpc) is 2.62. The molecule has 1 atom stereocenters. The first-order valence-corrected chi connectivity index (χ1v) is 8.47. The Hall–Kier alpha value is -2.18. The number of benzene rings is 1. The number of rotatable bonds is 5. The molecule has 2 heterocycles. The highest BCUT2D eigenvalue weighted by molar-refractivity contribution is 5.92. The van der Waals surface area contributed by atoms with Gasteiger partial charge in [-0.15, -0.1) is 0 Å². The van der Waals surface area contributed by atoms with Gasteiger partial charge in [0.25, 0.3) is 0 Å². The van der Waals surface area contributed by atoms with Crippen LogP contribution in [0.2, 0.25) is 0 Å². The highest BCUT2D eigenvalue weighted by Crippen LogP contribution is 2.17. The molecule has 3 rings (SSSR count). The lowest BCUT2D eigenvalue weighted by Crippen LogP contribution is -2.42. The van der Waals surface area contributed by atoms with E-state index in [2.05, 4.69) is 20.5 Å². The first kappa shape index (κ1) is 16.7. The van der Waals surface area contributed by atoms with Crippen LogP contribution in [0.5, 0.6) is 0 Å². The van der Waals surface area contributed by atoms with Gasteiger partial charge in [-0.3, -0.25) is 4.98 Å². The zero-order chi connectivity index (χ0) is 16.8. The second kappa shape index (κ2) is 8.08. The highest BCUT2D eigenvalue weighted by Gasteiger charge is 2.18. The third kappa shape index (κ3) is 4.43. The van der Waals surface area contributed by atoms with E-state index in [0.717, 1.165) is 49.1 Å². The van der Waals surface area contributed by atoms with Crippen LogP contribution >= 0.6 is 0 Å². The van der Waals surface area contributed by atoms with Gasteiger partial charge in [0, 0.05) is 43.5 Å². The smallest absolute Gasteiger partial charge is 0.319 e. The molecule has 1 aromatic heterocycles. The summed E-state index contributed by atoms with van der Waals surface area (Å²) in [6.45, 7) is 3.61. The van der Waals surface area contributed by atoms with Crippen LogP contribution in [0.1, 0.15) is 12.8 Å². The SMILES string of the molecule is O=C(NCCN1CCC[C@H](CO)C1)Nc1ccc2ncccc2c1. The molecule has 0 saturated carbocycles. The van der Waals surface area contributed by atoms with Crippen molar-refractivity contribution in [3.05, 3.63) is 36.5 Å². The van der Waals surface area contributed by atoms with E-state index in [1.54, 1.807) is 6.20 Å². The summed E-state index contributed by atoms with van der Waals surface area (Å²) >= 11 is 0.